The van der Waals surface area contributed by atoms with Crippen molar-refractivity contribution < 1.29 is 22.4 Å². The number of aromatic nitrogens is 1. The fourth-order valence-corrected chi connectivity index (χ4v) is 5.45. The van der Waals surface area contributed by atoms with Gasteiger partial charge in [0, 0.05) is 45.3 Å². The fourth-order valence-electron chi connectivity index (χ4n) is 3.96. The number of amides is 1. The molecule has 2 aromatic rings. The van der Waals surface area contributed by atoms with Crippen LogP contribution in [0.1, 0.15) is 46.5 Å². The van der Waals surface area contributed by atoms with Crippen LogP contribution in [0.3, 0.4) is 0 Å². The Morgan fingerprint density at radius 3 is 2.66 bits per heavy atom. The zero-order valence-corrected chi connectivity index (χ0v) is 19.8. The Morgan fingerprint density at radius 2 is 2.00 bits per heavy atom. The van der Waals surface area contributed by atoms with E-state index in [2.05, 4.69) is 5.32 Å². The molecule has 0 atom stereocenters. The number of oxazole rings is 1. The van der Waals surface area contributed by atoms with Crippen molar-refractivity contribution in [3.63, 3.8) is 0 Å². The van der Waals surface area contributed by atoms with Crippen molar-refractivity contribution >= 4 is 27.0 Å². The Hall–Kier alpha value is -2.17. The van der Waals surface area contributed by atoms with E-state index >= 15 is 0 Å². The number of piperidine rings is 1. The number of hydrogen-bond donors (Lipinski definition) is 1. The van der Waals surface area contributed by atoms with Crippen molar-refractivity contribution in [3.8, 4) is 0 Å². The fraction of sp³-hybridized carbons (Fsp3) is 0.636. The highest BCUT2D eigenvalue weighted by Crippen LogP contribution is 2.27. The monoisotopic (exact) mass is 467 g/mol. The lowest BCUT2D eigenvalue weighted by atomic mass is 9.94. The van der Waals surface area contributed by atoms with Crippen molar-refractivity contribution in [2.75, 3.05) is 26.2 Å². The van der Waals surface area contributed by atoms with Gasteiger partial charge in [0.15, 0.2) is 5.58 Å². The molecule has 1 aromatic heterocycles. The molecule has 1 aromatic carbocycles. The van der Waals surface area contributed by atoms with Gasteiger partial charge in [0.1, 0.15) is 0 Å². The van der Waals surface area contributed by atoms with Gasteiger partial charge in [-0.05, 0) is 58.1 Å². The summed E-state index contributed by atoms with van der Waals surface area (Å²) in [5.74, 6) is -0.340. The normalized spacial score (nSPS) is 16.1. The van der Waals surface area contributed by atoms with Gasteiger partial charge in [-0.25, -0.2) is 13.2 Å². The molecule has 0 bridgehead atoms. The van der Waals surface area contributed by atoms with Crippen molar-refractivity contribution in [1.82, 2.24) is 14.2 Å². The summed E-state index contributed by atoms with van der Waals surface area (Å²) >= 11 is 0. The SMILES string of the molecule is CCn1c(=O)oc2cc(S(=O)(=O)N3CCC(CC(=O)NCCCOC(C)C)CC3)ccc21. The van der Waals surface area contributed by atoms with Crippen LogP contribution in [0.25, 0.3) is 11.1 Å². The predicted molar refractivity (Wildman–Crippen MR) is 121 cm³/mol. The molecule has 0 aliphatic carbocycles. The summed E-state index contributed by atoms with van der Waals surface area (Å²) in [6.45, 7) is 8.15. The molecule has 32 heavy (non-hydrogen) atoms. The van der Waals surface area contributed by atoms with Gasteiger partial charge in [0.25, 0.3) is 0 Å². The molecule has 1 amide bonds. The Labute approximate surface area is 188 Å². The molecule has 2 heterocycles. The zero-order chi connectivity index (χ0) is 23.3. The largest absolute Gasteiger partial charge is 0.419 e. The Kier molecular flexibility index (Phi) is 8.13. The number of carbonyl (C=O) groups is 1. The Bertz CT molecular complexity index is 1080. The predicted octanol–water partition coefficient (Wildman–Crippen LogP) is 2.34. The Balaban J connectivity index is 1.52. The lowest BCUT2D eigenvalue weighted by Crippen LogP contribution is -2.39. The van der Waals surface area contributed by atoms with Crippen molar-refractivity contribution in [3.05, 3.63) is 28.7 Å². The number of nitrogens with zero attached hydrogens (tertiary/aromatic N) is 2. The molecule has 1 N–H and O–H groups in total. The molecule has 0 radical (unpaired) electrons. The minimum absolute atomic E-state index is 0.00299. The van der Waals surface area contributed by atoms with Crippen molar-refractivity contribution in [2.24, 2.45) is 5.92 Å². The molecule has 0 saturated carbocycles. The summed E-state index contributed by atoms with van der Waals surface area (Å²) in [6, 6.07) is 4.54. The van der Waals surface area contributed by atoms with Gasteiger partial charge >= 0.3 is 5.76 Å². The van der Waals surface area contributed by atoms with E-state index in [4.69, 9.17) is 9.15 Å². The van der Waals surface area contributed by atoms with Crippen LogP contribution < -0.4 is 11.1 Å². The summed E-state index contributed by atoms with van der Waals surface area (Å²) in [6.07, 6.45) is 2.62. The van der Waals surface area contributed by atoms with E-state index in [1.54, 1.807) is 6.07 Å². The van der Waals surface area contributed by atoms with Gasteiger partial charge in [0.2, 0.25) is 15.9 Å². The summed E-state index contributed by atoms with van der Waals surface area (Å²) in [5.41, 5.74) is 0.847. The Morgan fingerprint density at radius 1 is 1.28 bits per heavy atom. The highest BCUT2D eigenvalue weighted by Gasteiger charge is 2.30. The average Bonchev–Trinajstić information content (AvgIpc) is 3.07. The van der Waals surface area contributed by atoms with E-state index in [-0.39, 0.29) is 28.4 Å². The molecule has 178 valence electrons. The van der Waals surface area contributed by atoms with Crippen molar-refractivity contribution in [1.29, 1.82) is 0 Å². The number of rotatable bonds is 10. The molecule has 1 aliphatic heterocycles. The quantitative estimate of drug-likeness (QED) is 0.537. The minimum atomic E-state index is -3.70. The number of nitrogens with one attached hydrogen (secondary N) is 1. The van der Waals surface area contributed by atoms with Gasteiger partial charge in [-0.15, -0.1) is 0 Å². The van der Waals surface area contributed by atoms with Crippen LogP contribution >= 0.6 is 0 Å². The number of hydrogen-bond acceptors (Lipinski definition) is 6. The number of sulfonamides is 1. The summed E-state index contributed by atoms with van der Waals surface area (Å²) in [5, 5.41) is 2.91. The van der Waals surface area contributed by atoms with Gasteiger partial charge < -0.3 is 14.5 Å². The first kappa shape index (κ1) is 24.5. The maximum Gasteiger partial charge on any atom is 0.419 e. The molecule has 1 aliphatic rings. The lowest BCUT2D eigenvalue weighted by Gasteiger charge is -2.31. The van der Waals surface area contributed by atoms with Crippen LogP contribution in [0.4, 0.5) is 0 Å². The number of benzene rings is 1. The molecule has 0 spiro atoms. The van der Waals surface area contributed by atoms with Crippen LogP contribution in [0.5, 0.6) is 0 Å². The number of carbonyl (C=O) groups excluding carboxylic acids is 1. The van der Waals surface area contributed by atoms with E-state index in [0.29, 0.717) is 57.6 Å². The van der Waals surface area contributed by atoms with Crippen LogP contribution in [0, 0.1) is 5.92 Å². The highest BCUT2D eigenvalue weighted by atomic mass is 32.2. The van der Waals surface area contributed by atoms with Gasteiger partial charge in [0.05, 0.1) is 16.5 Å². The summed E-state index contributed by atoms with van der Waals surface area (Å²) < 4.78 is 39.7. The second-order valence-electron chi connectivity index (χ2n) is 8.42. The molecular weight excluding hydrogens is 434 g/mol. The molecule has 3 rings (SSSR count). The van der Waals surface area contributed by atoms with E-state index in [9.17, 15) is 18.0 Å². The molecule has 0 unspecified atom stereocenters. The summed E-state index contributed by atoms with van der Waals surface area (Å²) in [4.78, 5) is 24.2. The average molecular weight is 468 g/mol. The van der Waals surface area contributed by atoms with Crippen molar-refractivity contribution in [2.45, 2.75) is 64.0 Å². The van der Waals surface area contributed by atoms with E-state index < -0.39 is 15.8 Å². The van der Waals surface area contributed by atoms with Gasteiger partial charge in [-0.1, -0.05) is 0 Å². The molecule has 10 heteroatoms. The number of fused-ring (bicyclic) bond motifs is 1. The third-order valence-corrected chi connectivity index (χ3v) is 7.63. The van der Waals surface area contributed by atoms with Crippen LogP contribution in [-0.2, 0) is 26.1 Å². The molecular formula is C22H33N3O6S. The van der Waals surface area contributed by atoms with Crippen LogP contribution in [0.2, 0.25) is 0 Å². The third-order valence-electron chi connectivity index (χ3n) is 5.74. The van der Waals surface area contributed by atoms with E-state index in [1.165, 1.54) is 21.0 Å². The summed E-state index contributed by atoms with van der Waals surface area (Å²) in [7, 11) is -3.70. The lowest BCUT2D eigenvalue weighted by molar-refractivity contribution is -0.122. The second kappa shape index (κ2) is 10.6. The molecule has 1 fully saturated rings. The minimum Gasteiger partial charge on any atom is -0.408 e. The molecule has 9 nitrogen and oxygen atoms in total. The number of aryl methyl sites for hydroxylation is 1. The molecule has 1 saturated heterocycles. The zero-order valence-electron chi connectivity index (χ0n) is 19.0. The second-order valence-corrected chi connectivity index (χ2v) is 10.4. The first-order chi connectivity index (χ1) is 15.2. The van der Waals surface area contributed by atoms with Crippen LogP contribution in [0.15, 0.2) is 32.3 Å². The first-order valence-electron chi connectivity index (χ1n) is 11.2. The maximum absolute atomic E-state index is 13.1. The topological polar surface area (TPSA) is 111 Å². The first-order valence-corrected chi connectivity index (χ1v) is 12.7. The van der Waals surface area contributed by atoms with Gasteiger partial charge in [-0.2, -0.15) is 4.31 Å². The standard InChI is InChI=1S/C22H33N3O6S/c1-4-25-19-7-6-18(15-20(19)31-22(25)27)32(28,29)24-11-8-17(9-12-24)14-21(26)23-10-5-13-30-16(2)3/h6-7,15-17H,4-5,8-14H2,1-3H3,(H,23,26). The smallest absolute Gasteiger partial charge is 0.408 e. The van der Waals surface area contributed by atoms with E-state index in [1.807, 2.05) is 20.8 Å². The highest BCUT2D eigenvalue weighted by molar-refractivity contribution is 7.89. The van der Waals surface area contributed by atoms with Gasteiger partial charge in [-0.3, -0.25) is 9.36 Å². The maximum atomic E-state index is 13.1. The van der Waals surface area contributed by atoms with Crippen LogP contribution in [-0.4, -0.2) is 55.5 Å². The third kappa shape index (κ3) is 5.79. The number of ether oxygens (including phenoxy) is 1. The van der Waals surface area contributed by atoms with E-state index in [0.717, 1.165) is 6.42 Å².